The van der Waals surface area contributed by atoms with Crippen molar-refractivity contribution in [3.05, 3.63) is 95.1 Å². The number of carbonyl (C=O) groups excluding carboxylic acids is 1. The highest BCUT2D eigenvalue weighted by Gasteiger charge is 2.31. The number of para-hydroxylation sites is 1. The quantitative estimate of drug-likeness (QED) is 0.264. The molecule has 0 fully saturated rings. The molecule has 0 aliphatic rings. The molecule has 0 bridgehead atoms. The number of aliphatic imine (C=N–C) groups is 1. The number of urea groups is 1. The van der Waals surface area contributed by atoms with E-state index >= 15 is 0 Å². The van der Waals surface area contributed by atoms with Crippen LogP contribution in [0.25, 0.3) is 0 Å². The predicted octanol–water partition coefficient (Wildman–Crippen LogP) is 6.87. The van der Waals surface area contributed by atoms with Gasteiger partial charge < -0.3 is 10.1 Å². The standard InChI is InChI=1S/C27H27F3N4O2/c1-18(2)24-9-4-5-10-25(24)33-26(35)34-32-17-21-13-11-20(12-14-21)16-31-19(3)22-7-6-8-23(15-22)36-27(28,29)30/h4-15,17-18H,16H2,1-3H3,(H2,33,34,35)/b31-19?,32-17+. The largest absolute Gasteiger partial charge is 0.573 e. The Labute approximate surface area is 207 Å². The smallest absolute Gasteiger partial charge is 0.406 e. The Morgan fingerprint density at radius 2 is 1.75 bits per heavy atom. The van der Waals surface area contributed by atoms with E-state index in [4.69, 9.17) is 0 Å². The van der Waals surface area contributed by atoms with Crippen LogP contribution >= 0.6 is 0 Å². The van der Waals surface area contributed by atoms with Gasteiger partial charge in [-0.25, -0.2) is 10.2 Å². The van der Waals surface area contributed by atoms with Crippen molar-refractivity contribution in [2.24, 2.45) is 10.1 Å². The third-order valence-corrected chi connectivity index (χ3v) is 5.17. The second-order valence-corrected chi connectivity index (χ2v) is 8.28. The minimum absolute atomic E-state index is 0.269. The van der Waals surface area contributed by atoms with E-state index in [9.17, 15) is 18.0 Å². The summed E-state index contributed by atoms with van der Waals surface area (Å²) in [6.45, 7) is 6.18. The van der Waals surface area contributed by atoms with Crippen LogP contribution in [0.5, 0.6) is 5.75 Å². The number of hydrogen-bond acceptors (Lipinski definition) is 4. The first-order valence-corrected chi connectivity index (χ1v) is 11.3. The third kappa shape index (κ3) is 8.26. The van der Waals surface area contributed by atoms with Gasteiger partial charge in [-0.2, -0.15) is 5.10 Å². The van der Waals surface area contributed by atoms with Crippen molar-refractivity contribution >= 4 is 23.6 Å². The molecule has 3 aromatic carbocycles. The van der Waals surface area contributed by atoms with Crippen LogP contribution in [0.2, 0.25) is 0 Å². The summed E-state index contributed by atoms with van der Waals surface area (Å²) < 4.78 is 41.3. The van der Waals surface area contributed by atoms with Gasteiger partial charge in [0.25, 0.3) is 0 Å². The van der Waals surface area contributed by atoms with Crippen LogP contribution in [0, 0.1) is 0 Å². The minimum atomic E-state index is -4.74. The molecule has 0 atom stereocenters. The van der Waals surface area contributed by atoms with E-state index in [1.807, 2.05) is 48.5 Å². The van der Waals surface area contributed by atoms with Gasteiger partial charge in [0.1, 0.15) is 5.75 Å². The Balaban J connectivity index is 1.54. The number of alkyl halides is 3. The van der Waals surface area contributed by atoms with E-state index in [2.05, 4.69) is 39.4 Å². The Morgan fingerprint density at radius 3 is 2.44 bits per heavy atom. The second kappa shape index (κ2) is 12.0. The zero-order valence-corrected chi connectivity index (χ0v) is 20.1. The summed E-state index contributed by atoms with van der Waals surface area (Å²) in [6, 6.07) is 20.2. The van der Waals surface area contributed by atoms with E-state index in [1.165, 1.54) is 24.4 Å². The van der Waals surface area contributed by atoms with Crippen LogP contribution in [0.4, 0.5) is 23.7 Å². The molecule has 0 aromatic heterocycles. The lowest BCUT2D eigenvalue weighted by atomic mass is 10.0. The summed E-state index contributed by atoms with van der Waals surface area (Å²) >= 11 is 0. The molecule has 0 radical (unpaired) electrons. The van der Waals surface area contributed by atoms with Crippen LogP contribution in [-0.2, 0) is 6.54 Å². The molecule has 36 heavy (non-hydrogen) atoms. The van der Waals surface area contributed by atoms with Gasteiger partial charge in [0.2, 0.25) is 0 Å². The molecular weight excluding hydrogens is 469 g/mol. The van der Waals surface area contributed by atoms with Crippen LogP contribution in [0.3, 0.4) is 0 Å². The number of hydrazone groups is 1. The number of carbonyl (C=O) groups is 1. The normalized spacial score (nSPS) is 12.1. The van der Waals surface area contributed by atoms with Gasteiger partial charge in [0, 0.05) is 11.4 Å². The summed E-state index contributed by atoms with van der Waals surface area (Å²) in [6.07, 6.45) is -3.22. The third-order valence-electron chi connectivity index (χ3n) is 5.17. The van der Waals surface area contributed by atoms with Crippen molar-refractivity contribution in [1.29, 1.82) is 0 Å². The van der Waals surface area contributed by atoms with Crippen LogP contribution in [-0.4, -0.2) is 24.3 Å². The molecule has 9 heteroatoms. The van der Waals surface area contributed by atoms with Crippen molar-refractivity contribution in [2.45, 2.75) is 39.6 Å². The first kappa shape index (κ1) is 26.5. The lowest BCUT2D eigenvalue weighted by Gasteiger charge is -2.12. The van der Waals surface area contributed by atoms with Crippen LogP contribution in [0.15, 0.2) is 82.9 Å². The number of rotatable bonds is 8. The Kier molecular flexibility index (Phi) is 8.83. The highest BCUT2D eigenvalue weighted by atomic mass is 19.4. The van der Waals surface area contributed by atoms with Crippen molar-refractivity contribution in [3.8, 4) is 5.75 Å². The SMILES string of the molecule is CC(=NCc1ccc(/C=N/NC(=O)Nc2ccccc2C(C)C)cc1)c1cccc(OC(F)(F)F)c1. The maximum atomic E-state index is 12.4. The number of amides is 2. The molecular formula is C27H27F3N4O2. The minimum Gasteiger partial charge on any atom is -0.406 e. The zero-order valence-electron chi connectivity index (χ0n) is 20.1. The van der Waals surface area contributed by atoms with E-state index in [1.54, 1.807) is 13.0 Å². The Morgan fingerprint density at radius 1 is 1.03 bits per heavy atom. The first-order chi connectivity index (χ1) is 17.1. The van der Waals surface area contributed by atoms with E-state index in [-0.39, 0.29) is 11.7 Å². The maximum absolute atomic E-state index is 12.4. The molecule has 2 N–H and O–H groups in total. The molecule has 0 saturated heterocycles. The highest BCUT2D eigenvalue weighted by molar-refractivity contribution is 5.99. The fourth-order valence-corrected chi connectivity index (χ4v) is 3.36. The molecule has 6 nitrogen and oxygen atoms in total. The number of benzene rings is 3. The van der Waals surface area contributed by atoms with Crippen LogP contribution in [0.1, 0.15) is 48.9 Å². The van der Waals surface area contributed by atoms with Crippen molar-refractivity contribution in [1.82, 2.24) is 5.43 Å². The van der Waals surface area contributed by atoms with Gasteiger partial charge in [-0.05, 0) is 53.3 Å². The Bertz CT molecular complexity index is 1240. The lowest BCUT2D eigenvalue weighted by molar-refractivity contribution is -0.274. The van der Waals surface area contributed by atoms with Crippen molar-refractivity contribution in [2.75, 3.05) is 5.32 Å². The Hall–Kier alpha value is -4.14. The van der Waals surface area contributed by atoms with E-state index in [0.717, 1.165) is 22.4 Å². The highest BCUT2D eigenvalue weighted by Crippen LogP contribution is 2.24. The zero-order chi connectivity index (χ0) is 26.1. The van der Waals surface area contributed by atoms with Gasteiger partial charge in [0.15, 0.2) is 0 Å². The average Bonchev–Trinajstić information content (AvgIpc) is 2.82. The molecule has 0 unspecified atom stereocenters. The predicted molar refractivity (Wildman–Crippen MR) is 136 cm³/mol. The fourth-order valence-electron chi connectivity index (χ4n) is 3.36. The summed E-state index contributed by atoms with van der Waals surface area (Å²) in [7, 11) is 0. The first-order valence-electron chi connectivity index (χ1n) is 11.3. The molecule has 0 aliphatic heterocycles. The van der Waals surface area contributed by atoms with Gasteiger partial charge in [-0.3, -0.25) is 4.99 Å². The monoisotopic (exact) mass is 496 g/mol. The number of nitrogens with one attached hydrogen (secondary N) is 2. The van der Waals surface area contributed by atoms with Gasteiger partial charge in [-0.1, -0.05) is 68.4 Å². The maximum Gasteiger partial charge on any atom is 0.573 e. The van der Waals surface area contributed by atoms with E-state index in [0.29, 0.717) is 17.8 Å². The van der Waals surface area contributed by atoms with E-state index < -0.39 is 12.4 Å². The summed E-state index contributed by atoms with van der Waals surface area (Å²) in [5.74, 6) is -0.0187. The summed E-state index contributed by atoms with van der Waals surface area (Å²) in [4.78, 5) is 16.6. The number of hydrogen-bond donors (Lipinski definition) is 2. The molecule has 0 aliphatic carbocycles. The molecule has 0 heterocycles. The van der Waals surface area contributed by atoms with Crippen LogP contribution < -0.4 is 15.5 Å². The molecule has 3 rings (SSSR count). The van der Waals surface area contributed by atoms with Gasteiger partial charge in [0.05, 0.1) is 12.8 Å². The summed E-state index contributed by atoms with van der Waals surface area (Å²) in [5, 5.41) is 6.78. The average molecular weight is 497 g/mol. The lowest BCUT2D eigenvalue weighted by Crippen LogP contribution is -2.24. The molecule has 3 aromatic rings. The molecule has 2 amide bonds. The van der Waals surface area contributed by atoms with Crippen molar-refractivity contribution < 1.29 is 22.7 Å². The molecule has 188 valence electrons. The number of ether oxygens (including phenoxy) is 1. The fraction of sp³-hybridized carbons (Fsp3) is 0.222. The van der Waals surface area contributed by atoms with Gasteiger partial charge in [-0.15, -0.1) is 13.2 Å². The second-order valence-electron chi connectivity index (χ2n) is 8.28. The molecule has 0 saturated carbocycles. The number of nitrogens with zero attached hydrogens (tertiary/aromatic N) is 2. The number of anilines is 1. The van der Waals surface area contributed by atoms with Crippen molar-refractivity contribution in [3.63, 3.8) is 0 Å². The van der Waals surface area contributed by atoms with Gasteiger partial charge >= 0.3 is 12.4 Å². The summed E-state index contributed by atoms with van der Waals surface area (Å²) in [5.41, 5.74) is 7.04. The topological polar surface area (TPSA) is 75.1 Å². The number of halogens is 3. The molecule has 0 spiro atoms.